The summed E-state index contributed by atoms with van der Waals surface area (Å²) in [6.45, 7) is 4.39. The van der Waals surface area contributed by atoms with Gasteiger partial charge in [0.05, 0.1) is 12.7 Å². The number of ether oxygens (including phenoxy) is 1. The number of unbranched alkanes of at least 4 members (excludes halogenated alkanes) is 9. The number of esters is 1. The minimum atomic E-state index is -0.525. The van der Waals surface area contributed by atoms with E-state index >= 15 is 0 Å². The lowest BCUT2D eigenvalue weighted by molar-refractivity contribution is -0.137. The summed E-state index contributed by atoms with van der Waals surface area (Å²) in [5, 5.41) is 9.69. The summed E-state index contributed by atoms with van der Waals surface area (Å²) >= 11 is 0. The van der Waals surface area contributed by atoms with Crippen LogP contribution >= 0.6 is 0 Å². The molecule has 0 rings (SSSR count). The fourth-order valence-corrected chi connectivity index (χ4v) is 2.32. The molecule has 0 fully saturated rings. The van der Waals surface area contributed by atoms with E-state index in [9.17, 15) is 9.90 Å². The Bertz CT molecular complexity index is 261. The summed E-state index contributed by atoms with van der Waals surface area (Å²) < 4.78 is 4.76. The van der Waals surface area contributed by atoms with Crippen molar-refractivity contribution in [2.24, 2.45) is 0 Å². The second-order valence-corrected chi connectivity index (χ2v) is 5.65. The van der Waals surface area contributed by atoms with Gasteiger partial charge in [0.1, 0.15) is 0 Å². The van der Waals surface area contributed by atoms with Gasteiger partial charge in [0.2, 0.25) is 0 Å². The maximum absolute atomic E-state index is 11.1. The van der Waals surface area contributed by atoms with Gasteiger partial charge in [0, 0.05) is 6.08 Å². The van der Waals surface area contributed by atoms with Crippen LogP contribution in [-0.4, -0.2) is 23.8 Å². The molecule has 21 heavy (non-hydrogen) atoms. The second kappa shape index (κ2) is 15.6. The molecular weight excluding hydrogens is 264 g/mol. The highest BCUT2D eigenvalue weighted by molar-refractivity contribution is 5.81. The maximum atomic E-state index is 11.1. The van der Waals surface area contributed by atoms with Gasteiger partial charge in [0.25, 0.3) is 0 Å². The van der Waals surface area contributed by atoms with E-state index in [2.05, 4.69) is 6.92 Å². The van der Waals surface area contributed by atoms with Crippen LogP contribution in [0.2, 0.25) is 0 Å². The minimum Gasteiger partial charge on any atom is -0.463 e. The summed E-state index contributed by atoms with van der Waals surface area (Å²) in [4.78, 5) is 11.1. The molecule has 0 bridgehead atoms. The zero-order chi connectivity index (χ0) is 15.8. The van der Waals surface area contributed by atoms with Crippen LogP contribution in [0.5, 0.6) is 0 Å². The van der Waals surface area contributed by atoms with Gasteiger partial charge in [0.15, 0.2) is 0 Å². The van der Waals surface area contributed by atoms with E-state index in [1.165, 1.54) is 69.9 Å². The Morgan fingerprint density at radius 2 is 1.48 bits per heavy atom. The summed E-state index contributed by atoms with van der Waals surface area (Å²) in [6.07, 6.45) is 16.0. The number of hydrogen-bond donors (Lipinski definition) is 1. The number of aliphatic hydroxyl groups is 1. The Balaban J connectivity index is 3.32. The Labute approximate surface area is 130 Å². The molecule has 0 aliphatic carbocycles. The van der Waals surface area contributed by atoms with Gasteiger partial charge in [-0.2, -0.15) is 0 Å². The molecule has 0 saturated heterocycles. The first-order chi connectivity index (χ1) is 10.2. The van der Waals surface area contributed by atoms with Crippen LogP contribution in [0, 0.1) is 0 Å². The molecule has 3 heteroatoms. The molecular formula is C18H34O3. The van der Waals surface area contributed by atoms with Crippen molar-refractivity contribution in [1.29, 1.82) is 0 Å². The topological polar surface area (TPSA) is 46.5 Å². The lowest BCUT2D eigenvalue weighted by Gasteiger charge is -2.05. The van der Waals surface area contributed by atoms with Gasteiger partial charge < -0.3 is 9.84 Å². The van der Waals surface area contributed by atoms with Crippen molar-refractivity contribution in [3.05, 3.63) is 12.2 Å². The molecule has 0 aromatic carbocycles. The third-order valence-corrected chi connectivity index (χ3v) is 3.59. The average Bonchev–Trinajstić information content (AvgIpc) is 2.47. The third kappa shape index (κ3) is 15.4. The summed E-state index contributed by atoms with van der Waals surface area (Å²) in [5.74, 6) is -0.375. The molecule has 0 spiro atoms. The van der Waals surface area contributed by atoms with Crippen molar-refractivity contribution in [2.75, 3.05) is 6.61 Å². The fourth-order valence-electron chi connectivity index (χ4n) is 2.32. The normalized spacial score (nSPS) is 12.7. The predicted octanol–water partition coefficient (Wildman–Crippen LogP) is 4.78. The van der Waals surface area contributed by atoms with Crippen molar-refractivity contribution >= 4 is 5.97 Å². The molecule has 0 heterocycles. The number of carbonyl (C=O) groups is 1. The first kappa shape index (κ1) is 20.2. The Kier molecular flexibility index (Phi) is 14.9. The van der Waals surface area contributed by atoms with Crippen LogP contribution in [0.1, 0.15) is 84.5 Å². The van der Waals surface area contributed by atoms with Gasteiger partial charge in [-0.05, 0) is 19.4 Å². The lowest BCUT2D eigenvalue weighted by Crippen LogP contribution is -2.05. The van der Waals surface area contributed by atoms with Crippen LogP contribution in [0.15, 0.2) is 12.2 Å². The minimum absolute atomic E-state index is 0.373. The molecule has 0 aliphatic rings. The van der Waals surface area contributed by atoms with E-state index in [-0.39, 0.29) is 5.97 Å². The van der Waals surface area contributed by atoms with Crippen molar-refractivity contribution in [2.45, 2.75) is 90.6 Å². The average molecular weight is 298 g/mol. The highest BCUT2D eigenvalue weighted by Crippen LogP contribution is 2.12. The van der Waals surface area contributed by atoms with Gasteiger partial charge >= 0.3 is 5.97 Å². The number of hydrogen-bond acceptors (Lipinski definition) is 3. The maximum Gasteiger partial charge on any atom is 0.330 e. The number of aliphatic hydroxyl groups excluding tert-OH is 1. The monoisotopic (exact) mass is 298 g/mol. The van der Waals surface area contributed by atoms with Crippen LogP contribution in [0.25, 0.3) is 0 Å². The van der Waals surface area contributed by atoms with Crippen LogP contribution in [0.4, 0.5) is 0 Å². The van der Waals surface area contributed by atoms with Gasteiger partial charge in [-0.25, -0.2) is 4.79 Å². The molecule has 0 saturated carbocycles. The predicted molar refractivity (Wildman–Crippen MR) is 88.2 cm³/mol. The van der Waals surface area contributed by atoms with E-state index in [1.54, 1.807) is 6.92 Å². The summed E-state index contributed by atoms with van der Waals surface area (Å²) in [6, 6.07) is 0. The molecule has 0 radical (unpaired) electrons. The quantitative estimate of drug-likeness (QED) is 0.285. The molecule has 0 aliphatic heterocycles. The molecule has 3 nitrogen and oxygen atoms in total. The van der Waals surface area contributed by atoms with E-state index in [4.69, 9.17) is 4.74 Å². The van der Waals surface area contributed by atoms with Crippen molar-refractivity contribution in [3.63, 3.8) is 0 Å². The highest BCUT2D eigenvalue weighted by atomic mass is 16.5. The molecule has 124 valence electrons. The second-order valence-electron chi connectivity index (χ2n) is 5.65. The molecule has 1 N–H and O–H groups in total. The number of rotatable bonds is 14. The third-order valence-electron chi connectivity index (χ3n) is 3.59. The largest absolute Gasteiger partial charge is 0.463 e. The Morgan fingerprint density at radius 3 is 2.00 bits per heavy atom. The molecule has 0 unspecified atom stereocenters. The SMILES string of the molecule is CCCCCCCCCCCC[C@@H](O)/C=C/C(=O)OCC. The van der Waals surface area contributed by atoms with Gasteiger partial charge in [-0.1, -0.05) is 71.1 Å². The van der Waals surface area contributed by atoms with Crippen LogP contribution in [0.3, 0.4) is 0 Å². The summed E-state index contributed by atoms with van der Waals surface area (Å²) in [7, 11) is 0. The zero-order valence-corrected chi connectivity index (χ0v) is 14.0. The van der Waals surface area contributed by atoms with Crippen molar-refractivity contribution < 1.29 is 14.6 Å². The molecule has 0 aromatic heterocycles. The van der Waals surface area contributed by atoms with Crippen LogP contribution < -0.4 is 0 Å². The Hall–Kier alpha value is -0.830. The zero-order valence-electron chi connectivity index (χ0n) is 14.0. The van der Waals surface area contributed by atoms with Crippen molar-refractivity contribution in [1.82, 2.24) is 0 Å². The van der Waals surface area contributed by atoms with Gasteiger partial charge in [-0.15, -0.1) is 0 Å². The molecule has 0 aromatic rings. The fraction of sp³-hybridized carbons (Fsp3) is 0.833. The smallest absolute Gasteiger partial charge is 0.330 e. The van der Waals surface area contributed by atoms with E-state index in [1.807, 2.05) is 0 Å². The van der Waals surface area contributed by atoms with Gasteiger partial charge in [-0.3, -0.25) is 0 Å². The molecule has 1 atom stereocenters. The van der Waals surface area contributed by atoms with E-state index in [0.29, 0.717) is 6.61 Å². The highest BCUT2D eigenvalue weighted by Gasteiger charge is 2.01. The Morgan fingerprint density at radius 1 is 0.952 bits per heavy atom. The summed E-state index contributed by atoms with van der Waals surface area (Å²) in [5.41, 5.74) is 0. The number of carbonyl (C=O) groups excluding carboxylic acids is 1. The first-order valence-electron chi connectivity index (χ1n) is 8.73. The van der Waals surface area contributed by atoms with Crippen LogP contribution in [-0.2, 0) is 9.53 Å². The lowest BCUT2D eigenvalue weighted by atomic mass is 10.0. The van der Waals surface area contributed by atoms with E-state index < -0.39 is 6.10 Å². The van der Waals surface area contributed by atoms with Crippen molar-refractivity contribution in [3.8, 4) is 0 Å². The van der Waals surface area contributed by atoms with E-state index in [0.717, 1.165) is 12.8 Å². The first-order valence-corrected chi connectivity index (χ1v) is 8.73. The molecule has 0 amide bonds. The standard InChI is InChI=1S/C18H34O3/c1-3-5-6-7-8-9-10-11-12-13-14-17(19)15-16-18(20)21-4-2/h15-17,19H,3-14H2,1-2H3/b16-15+/t17-/m1/s1.